The number of hydrogen-bond acceptors (Lipinski definition) is 8. The number of pyridine rings is 1. The van der Waals surface area contributed by atoms with Crippen molar-refractivity contribution in [2.24, 2.45) is 0 Å². The number of aryl methyl sites for hydroxylation is 1. The average molecular weight is 452 g/mol. The molecule has 33 heavy (non-hydrogen) atoms. The zero-order valence-corrected chi connectivity index (χ0v) is 19.4. The maximum Gasteiger partial charge on any atom is 0.328 e. The molecule has 0 unspecified atom stereocenters. The molecule has 1 saturated heterocycles. The molecule has 174 valence electrons. The van der Waals surface area contributed by atoms with Crippen LogP contribution in [0.3, 0.4) is 0 Å². The first-order chi connectivity index (χ1) is 15.9. The van der Waals surface area contributed by atoms with Gasteiger partial charge in [0.05, 0.1) is 12.8 Å². The molecule has 0 bridgehead atoms. The summed E-state index contributed by atoms with van der Waals surface area (Å²) in [4.78, 5) is 30.6. The standard InChI is InChI=1S/C22H29N9O2/c1-5-33-21-20-25-15(4)28-31(20)12-18(26-21)27-22(32)30-9-7-16-17(6-8-23-19(16)30)29-10-13(2)24-14(3)11-29/h6,8,12-14,24H,5,7,9-11H2,1-4H3,(H,27,32)/t13-,14+. The van der Waals surface area contributed by atoms with Crippen molar-refractivity contribution in [3.63, 3.8) is 0 Å². The van der Waals surface area contributed by atoms with Gasteiger partial charge in [-0.25, -0.2) is 19.3 Å². The number of aromatic nitrogens is 5. The predicted octanol–water partition coefficient (Wildman–Crippen LogP) is 2.01. The highest BCUT2D eigenvalue weighted by atomic mass is 16.5. The molecule has 0 radical (unpaired) electrons. The van der Waals surface area contributed by atoms with E-state index in [1.165, 1.54) is 0 Å². The van der Waals surface area contributed by atoms with E-state index < -0.39 is 0 Å². The Kier molecular flexibility index (Phi) is 5.49. The number of fused-ring (bicyclic) bond motifs is 2. The SMILES string of the molecule is CCOc1nc(NC(=O)N2CCc3c(N4C[C@@H](C)N[C@@H](C)C4)ccnc32)cn2nc(C)nc12. The Bertz CT molecular complexity index is 1180. The van der Waals surface area contributed by atoms with E-state index in [4.69, 9.17) is 4.74 Å². The molecule has 5 heterocycles. The summed E-state index contributed by atoms with van der Waals surface area (Å²) in [6, 6.07) is 2.58. The van der Waals surface area contributed by atoms with E-state index in [9.17, 15) is 4.79 Å². The van der Waals surface area contributed by atoms with Crippen molar-refractivity contribution < 1.29 is 9.53 Å². The van der Waals surface area contributed by atoms with E-state index in [0.717, 1.165) is 30.8 Å². The number of nitrogens with one attached hydrogen (secondary N) is 2. The molecular formula is C22H29N9O2. The monoisotopic (exact) mass is 451 g/mol. The van der Waals surface area contributed by atoms with Gasteiger partial charge in [-0.05, 0) is 40.2 Å². The highest BCUT2D eigenvalue weighted by Gasteiger charge is 2.31. The highest BCUT2D eigenvalue weighted by Crippen LogP contribution is 2.35. The first-order valence-corrected chi connectivity index (χ1v) is 11.4. The first-order valence-electron chi connectivity index (χ1n) is 11.4. The van der Waals surface area contributed by atoms with Crippen molar-refractivity contribution in [1.29, 1.82) is 0 Å². The third-order valence-corrected chi connectivity index (χ3v) is 5.90. The molecule has 0 aromatic carbocycles. The third kappa shape index (κ3) is 4.04. The summed E-state index contributed by atoms with van der Waals surface area (Å²) in [5, 5.41) is 10.8. The highest BCUT2D eigenvalue weighted by molar-refractivity contribution is 6.02. The van der Waals surface area contributed by atoms with Crippen molar-refractivity contribution in [2.45, 2.75) is 46.2 Å². The molecule has 3 aromatic rings. The lowest BCUT2D eigenvalue weighted by Gasteiger charge is -2.38. The lowest BCUT2D eigenvalue weighted by molar-refractivity contribution is 0.257. The number of carbonyl (C=O) groups excluding carboxylic acids is 1. The summed E-state index contributed by atoms with van der Waals surface area (Å²) in [5.74, 6) is 1.98. The Morgan fingerprint density at radius 1 is 1.27 bits per heavy atom. The molecule has 11 nitrogen and oxygen atoms in total. The maximum absolute atomic E-state index is 13.2. The molecule has 2 aliphatic rings. The summed E-state index contributed by atoms with van der Waals surface area (Å²) in [5.41, 5.74) is 2.79. The van der Waals surface area contributed by atoms with Crippen LogP contribution in [-0.2, 0) is 6.42 Å². The Balaban J connectivity index is 1.40. The average Bonchev–Trinajstić information content (AvgIpc) is 3.36. The number of urea groups is 1. The second-order valence-corrected chi connectivity index (χ2v) is 8.63. The van der Waals surface area contributed by atoms with Gasteiger partial charge >= 0.3 is 6.03 Å². The quantitative estimate of drug-likeness (QED) is 0.619. The summed E-state index contributed by atoms with van der Waals surface area (Å²) in [6.07, 6.45) is 4.18. The van der Waals surface area contributed by atoms with Gasteiger partial charge in [-0.3, -0.25) is 10.2 Å². The number of ether oxygens (including phenoxy) is 1. The van der Waals surface area contributed by atoms with Crippen LogP contribution in [0.4, 0.5) is 22.1 Å². The van der Waals surface area contributed by atoms with Gasteiger partial charge in [0.1, 0.15) is 11.6 Å². The minimum absolute atomic E-state index is 0.286. The van der Waals surface area contributed by atoms with Gasteiger partial charge in [-0.15, -0.1) is 0 Å². The second-order valence-electron chi connectivity index (χ2n) is 8.63. The van der Waals surface area contributed by atoms with Gasteiger partial charge in [0, 0.05) is 49.2 Å². The zero-order valence-electron chi connectivity index (χ0n) is 19.4. The molecule has 0 saturated carbocycles. The molecule has 2 N–H and O–H groups in total. The van der Waals surface area contributed by atoms with Gasteiger partial charge in [0.2, 0.25) is 5.65 Å². The van der Waals surface area contributed by atoms with Crippen LogP contribution < -0.4 is 25.2 Å². The molecule has 2 atom stereocenters. The van der Waals surface area contributed by atoms with E-state index in [2.05, 4.69) is 55.5 Å². The Hall–Kier alpha value is -3.47. The number of rotatable bonds is 4. The van der Waals surface area contributed by atoms with Crippen molar-refractivity contribution in [3.05, 3.63) is 29.8 Å². The smallest absolute Gasteiger partial charge is 0.328 e. The van der Waals surface area contributed by atoms with Crippen LogP contribution in [-0.4, -0.2) is 68.9 Å². The van der Waals surface area contributed by atoms with Crippen molar-refractivity contribution >= 4 is 29.0 Å². The van der Waals surface area contributed by atoms with Crippen molar-refractivity contribution in [3.8, 4) is 5.88 Å². The van der Waals surface area contributed by atoms with Crippen LogP contribution >= 0.6 is 0 Å². The molecule has 5 rings (SSSR count). The summed E-state index contributed by atoms with van der Waals surface area (Å²) in [6.45, 7) is 10.9. The molecule has 1 fully saturated rings. The Labute approximate surface area is 192 Å². The Morgan fingerprint density at radius 3 is 2.82 bits per heavy atom. The second kappa shape index (κ2) is 8.47. The van der Waals surface area contributed by atoms with E-state index in [1.807, 2.05) is 6.92 Å². The molecular weight excluding hydrogens is 422 g/mol. The molecule has 11 heteroatoms. The summed E-state index contributed by atoms with van der Waals surface area (Å²) < 4.78 is 7.19. The van der Waals surface area contributed by atoms with Crippen LogP contribution in [0.25, 0.3) is 5.65 Å². The number of hydrogen-bond donors (Lipinski definition) is 2. The minimum atomic E-state index is -0.286. The van der Waals surface area contributed by atoms with Gasteiger partial charge in [-0.1, -0.05) is 0 Å². The van der Waals surface area contributed by atoms with Gasteiger partial charge in [-0.2, -0.15) is 10.1 Å². The van der Waals surface area contributed by atoms with Crippen molar-refractivity contribution in [1.82, 2.24) is 29.9 Å². The van der Waals surface area contributed by atoms with E-state index in [0.29, 0.717) is 54.2 Å². The fourth-order valence-corrected chi connectivity index (χ4v) is 4.73. The molecule has 0 aliphatic carbocycles. The normalized spacial score (nSPS) is 20.2. The zero-order chi connectivity index (χ0) is 23.1. The van der Waals surface area contributed by atoms with E-state index in [-0.39, 0.29) is 6.03 Å². The van der Waals surface area contributed by atoms with Gasteiger partial charge in [0.15, 0.2) is 5.82 Å². The van der Waals surface area contributed by atoms with Crippen LogP contribution in [0.5, 0.6) is 5.88 Å². The fraction of sp³-hybridized carbons (Fsp3) is 0.500. The van der Waals surface area contributed by atoms with Crippen LogP contribution in [0.15, 0.2) is 18.5 Å². The maximum atomic E-state index is 13.2. The number of carbonyl (C=O) groups is 1. The van der Waals surface area contributed by atoms with E-state index in [1.54, 1.807) is 28.7 Å². The van der Waals surface area contributed by atoms with Crippen LogP contribution in [0.1, 0.15) is 32.2 Å². The lowest BCUT2D eigenvalue weighted by atomic mass is 10.1. The van der Waals surface area contributed by atoms with Crippen LogP contribution in [0, 0.1) is 6.92 Å². The number of anilines is 3. The van der Waals surface area contributed by atoms with Crippen molar-refractivity contribution in [2.75, 3.05) is 41.4 Å². The number of nitrogens with zero attached hydrogens (tertiary/aromatic N) is 7. The summed E-state index contributed by atoms with van der Waals surface area (Å²) in [7, 11) is 0. The van der Waals surface area contributed by atoms with Gasteiger partial charge < -0.3 is 15.0 Å². The summed E-state index contributed by atoms with van der Waals surface area (Å²) >= 11 is 0. The minimum Gasteiger partial charge on any atom is -0.475 e. The third-order valence-electron chi connectivity index (χ3n) is 5.90. The largest absolute Gasteiger partial charge is 0.475 e. The van der Waals surface area contributed by atoms with E-state index >= 15 is 0 Å². The molecule has 2 aliphatic heterocycles. The number of amides is 2. The molecule has 2 amide bonds. The fourth-order valence-electron chi connectivity index (χ4n) is 4.73. The number of piperazine rings is 1. The molecule has 0 spiro atoms. The van der Waals surface area contributed by atoms with Gasteiger partial charge in [0.25, 0.3) is 5.88 Å². The molecule has 3 aromatic heterocycles. The first kappa shape index (κ1) is 21.4. The topological polar surface area (TPSA) is 113 Å². The Morgan fingerprint density at radius 2 is 2.06 bits per heavy atom. The lowest BCUT2D eigenvalue weighted by Crippen LogP contribution is -2.54. The predicted molar refractivity (Wildman–Crippen MR) is 125 cm³/mol. The van der Waals surface area contributed by atoms with Crippen LogP contribution in [0.2, 0.25) is 0 Å².